The van der Waals surface area contributed by atoms with E-state index in [0.29, 0.717) is 18.7 Å². The van der Waals surface area contributed by atoms with Crippen LogP contribution < -0.4 is 5.32 Å². The van der Waals surface area contributed by atoms with Gasteiger partial charge in [-0.05, 0) is 24.1 Å². The molecule has 1 aromatic carbocycles. The smallest absolute Gasteiger partial charge is 0.293 e. The molecule has 1 heterocycles. The first kappa shape index (κ1) is 12.1. The second-order valence-corrected chi connectivity index (χ2v) is 3.90. The van der Waals surface area contributed by atoms with Crippen molar-refractivity contribution in [3.63, 3.8) is 0 Å². The van der Waals surface area contributed by atoms with Crippen LogP contribution in [0.3, 0.4) is 0 Å². The fraction of sp³-hybridized carbons (Fsp3) is 0.143. The van der Waals surface area contributed by atoms with Crippen molar-refractivity contribution in [2.24, 2.45) is 0 Å². The van der Waals surface area contributed by atoms with Gasteiger partial charge in [0, 0.05) is 12.7 Å². The summed E-state index contributed by atoms with van der Waals surface area (Å²) >= 11 is 0. The summed E-state index contributed by atoms with van der Waals surface area (Å²) in [6.45, 7) is 0.454. The second-order valence-electron chi connectivity index (χ2n) is 3.90. The Morgan fingerprint density at radius 2 is 1.83 bits per heavy atom. The topological polar surface area (TPSA) is 62.0 Å². The Balaban J connectivity index is 1.81. The summed E-state index contributed by atoms with van der Waals surface area (Å²) in [5.74, 6) is -1.11. The molecule has 4 heteroatoms. The van der Waals surface area contributed by atoms with Gasteiger partial charge in [-0.15, -0.1) is 0 Å². The summed E-state index contributed by atoms with van der Waals surface area (Å²) in [7, 11) is 0. The van der Waals surface area contributed by atoms with E-state index in [1.165, 1.54) is 0 Å². The molecule has 0 saturated heterocycles. The van der Waals surface area contributed by atoms with Crippen LogP contribution in [-0.4, -0.2) is 23.2 Å². The number of rotatable bonds is 5. The molecular weight excluding hydrogens is 228 g/mol. The Bertz CT molecular complexity index is 518. The minimum absolute atomic E-state index is 0.312. The molecule has 18 heavy (non-hydrogen) atoms. The van der Waals surface area contributed by atoms with Crippen molar-refractivity contribution in [2.75, 3.05) is 6.54 Å². The van der Waals surface area contributed by atoms with Crippen LogP contribution >= 0.6 is 0 Å². The lowest BCUT2D eigenvalue weighted by Gasteiger charge is -2.03. The number of carbonyl (C=O) groups excluding carboxylic acids is 2. The summed E-state index contributed by atoms with van der Waals surface area (Å²) in [6.07, 6.45) is 2.33. The van der Waals surface area contributed by atoms with Crippen molar-refractivity contribution in [3.8, 4) is 0 Å². The third-order valence-electron chi connectivity index (χ3n) is 2.59. The van der Waals surface area contributed by atoms with Crippen molar-refractivity contribution < 1.29 is 9.59 Å². The van der Waals surface area contributed by atoms with E-state index < -0.39 is 11.7 Å². The summed E-state index contributed by atoms with van der Waals surface area (Å²) in [5.41, 5.74) is 1.44. The van der Waals surface area contributed by atoms with Gasteiger partial charge in [0.2, 0.25) is 0 Å². The summed E-state index contributed by atoms with van der Waals surface area (Å²) < 4.78 is 0. The van der Waals surface area contributed by atoms with E-state index in [0.717, 1.165) is 5.56 Å². The standard InChI is InChI=1S/C14H14N2O2/c17-13(12-7-4-9-15-12)14(18)16-10-8-11-5-2-1-3-6-11/h1-7,9,15H,8,10H2,(H,16,18). The fourth-order valence-corrected chi connectivity index (χ4v) is 1.64. The molecule has 92 valence electrons. The van der Waals surface area contributed by atoms with E-state index in [1.807, 2.05) is 30.3 Å². The van der Waals surface area contributed by atoms with E-state index in [9.17, 15) is 9.59 Å². The minimum Gasteiger partial charge on any atom is -0.358 e. The number of Topliss-reactive ketones (excluding diaryl/α,β-unsaturated/α-hetero) is 1. The van der Waals surface area contributed by atoms with Gasteiger partial charge >= 0.3 is 0 Å². The molecule has 2 rings (SSSR count). The highest BCUT2D eigenvalue weighted by molar-refractivity contribution is 6.42. The zero-order valence-electron chi connectivity index (χ0n) is 9.85. The van der Waals surface area contributed by atoms with Crippen LogP contribution in [0.25, 0.3) is 0 Å². The lowest BCUT2D eigenvalue weighted by atomic mass is 10.1. The predicted octanol–water partition coefficient (Wildman–Crippen LogP) is 1.56. The number of hydrogen-bond donors (Lipinski definition) is 2. The molecule has 2 N–H and O–H groups in total. The normalized spacial score (nSPS) is 10.0. The van der Waals surface area contributed by atoms with Gasteiger partial charge in [0.1, 0.15) is 0 Å². The van der Waals surface area contributed by atoms with Gasteiger partial charge in [-0.25, -0.2) is 0 Å². The van der Waals surface area contributed by atoms with Crippen LogP contribution in [-0.2, 0) is 11.2 Å². The highest BCUT2D eigenvalue weighted by atomic mass is 16.2. The first-order valence-electron chi connectivity index (χ1n) is 5.77. The van der Waals surface area contributed by atoms with Crippen LogP contribution in [0, 0.1) is 0 Å². The number of H-pyrrole nitrogens is 1. The van der Waals surface area contributed by atoms with Gasteiger partial charge in [-0.3, -0.25) is 9.59 Å². The van der Waals surface area contributed by atoms with E-state index in [1.54, 1.807) is 18.3 Å². The molecular formula is C14H14N2O2. The Morgan fingerprint density at radius 3 is 2.50 bits per heavy atom. The zero-order valence-corrected chi connectivity index (χ0v) is 9.85. The molecule has 0 aliphatic carbocycles. The van der Waals surface area contributed by atoms with E-state index in [4.69, 9.17) is 0 Å². The Labute approximate surface area is 105 Å². The molecule has 1 amide bonds. The molecule has 0 fully saturated rings. The lowest BCUT2D eigenvalue weighted by Crippen LogP contribution is -2.32. The molecule has 4 nitrogen and oxygen atoms in total. The number of aromatic nitrogens is 1. The minimum atomic E-state index is -0.576. The number of nitrogens with one attached hydrogen (secondary N) is 2. The average molecular weight is 242 g/mol. The maximum atomic E-state index is 11.6. The van der Waals surface area contributed by atoms with Crippen molar-refractivity contribution in [3.05, 3.63) is 59.9 Å². The van der Waals surface area contributed by atoms with Crippen LogP contribution in [0.4, 0.5) is 0 Å². The monoisotopic (exact) mass is 242 g/mol. The van der Waals surface area contributed by atoms with Crippen LogP contribution in [0.5, 0.6) is 0 Å². The third-order valence-corrected chi connectivity index (χ3v) is 2.59. The van der Waals surface area contributed by atoms with Crippen LogP contribution in [0.1, 0.15) is 16.1 Å². The third kappa shape index (κ3) is 3.07. The molecule has 0 saturated carbocycles. The Morgan fingerprint density at radius 1 is 1.06 bits per heavy atom. The van der Waals surface area contributed by atoms with Gasteiger partial charge < -0.3 is 10.3 Å². The maximum absolute atomic E-state index is 11.6. The number of amides is 1. The number of carbonyl (C=O) groups is 2. The van der Waals surface area contributed by atoms with Crippen molar-refractivity contribution in [1.82, 2.24) is 10.3 Å². The van der Waals surface area contributed by atoms with Crippen LogP contribution in [0.15, 0.2) is 48.7 Å². The number of hydrogen-bond acceptors (Lipinski definition) is 2. The highest BCUT2D eigenvalue weighted by Crippen LogP contribution is 1.99. The number of benzene rings is 1. The summed E-state index contributed by atoms with van der Waals surface area (Å²) in [5, 5.41) is 2.61. The van der Waals surface area contributed by atoms with E-state index in [-0.39, 0.29) is 0 Å². The van der Waals surface area contributed by atoms with Gasteiger partial charge in [-0.2, -0.15) is 0 Å². The van der Waals surface area contributed by atoms with Crippen molar-refractivity contribution in [1.29, 1.82) is 0 Å². The number of aromatic amines is 1. The first-order valence-corrected chi connectivity index (χ1v) is 5.77. The average Bonchev–Trinajstić information content (AvgIpc) is 2.93. The molecule has 0 aliphatic rings. The summed E-state index contributed by atoms with van der Waals surface area (Å²) in [4.78, 5) is 25.9. The molecule has 0 radical (unpaired) electrons. The largest absolute Gasteiger partial charge is 0.358 e. The van der Waals surface area contributed by atoms with Gasteiger partial charge in [0.25, 0.3) is 11.7 Å². The Kier molecular flexibility index (Phi) is 3.91. The Hall–Kier alpha value is -2.36. The SMILES string of the molecule is O=C(NCCc1ccccc1)C(=O)c1ccc[nH]1. The highest BCUT2D eigenvalue weighted by Gasteiger charge is 2.15. The van der Waals surface area contributed by atoms with Gasteiger partial charge in [0.15, 0.2) is 0 Å². The molecule has 0 spiro atoms. The summed E-state index contributed by atoms with van der Waals surface area (Å²) in [6, 6.07) is 13.1. The van der Waals surface area contributed by atoms with E-state index in [2.05, 4.69) is 10.3 Å². The first-order chi connectivity index (χ1) is 8.77. The molecule has 0 unspecified atom stereocenters. The molecule has 0 atom stereocenters. The lowest BCUT2D eigenvalue weighted by molar-refractivity contribution is -0.117. The molecule has 0 bridgehead atoms. The zero-order chi connectivity index (χ0) is 12.8. The quantitative estimate of drug-likeness (QED) is 0.617. The maximum Gasteiger partial charge on any atom is 0.293 e. The number of ketones is 1. The molecule has 2 aromatic rings. The van der Waals surface area contributed by atoms with Crippen molar-refractivity contribution >= 4 is 11.7 Å². The second kappa shape index (κ2) is 5.82. The van der Waals surface area contributed by atoms with E-state index >= 15 is 0 Å². The molecule has 0 aliphatic heterocycles. The fourth-order valence-electron chi connectivity index (χ4n) is 1.64. The molecule has 1 aromatic heterocycles. The van der Waals surface area contributed by atoms with Crippen molar-refractivity contribution in [2.45, 2.75) is 6.42 Å². The van der Waals surface area contributed by atoms with Gasteiger partial charge in [0.05, 0.1) is 5.69 Å². The van der Waals surface area contributed by atoms with Gasteiger partial charge in [-0.1, -0.05) is 30.3 Å². The van der Waals surface area contributed by atoms with Crippen LogP contribution in [0.2, 0.25) is 0 Å². The predicted molar refractivity (Wildman–Crippen MR) is 68.3 cm³/mol.